The number of rotatable bonds is 7. The van der Waals surface area contributed by atoms with Crippen LogP contribution in [0.5, 0.6) is 5.75 Å². The number of anilines is 2. The molecule has 1 aliphatic rings. The third-order valence-corrected chi connectivity index (χ3v) is 4.06. The summed E-state index contributed by atoms with van der Waals surface area (Å²) in [7, 11) is 1.56. The van der Waals surface area contributed by atoms with Crippen LogP contribution < -0.4 is 15.4 Å². The van der Waals surface area contributed by atoms with E-state index in [-0.39, 0.29) is 5.91 Å². The number of carbonyl (C=O) groups excluding carboxylic acids is 1. The molecule has 2 N–H and O–H groups in total. The molecule has 0 aliphatic carbocycles. The molecule has 2 aromatic rings. The normalized spacial score (nSPS) is 14.7. The number of aromatic nitrogens is 2. The predicted octanol–water partition coefficient (Wildman–Crippen LogP) is 1.48. The van der Waals surface area contributed by atoms with Crippen LogP contribution in [0, 0.1) is 0 Å². The smallest absolute Gasteiger partial charge is 0.274 e. The second-order valence-corrected chi connectivity index (χ2v) is 5.80. The monoisotopic (exact) mass is 357 g/mol. The third kappa shape index (κ3) is 4.90. The van der Waals surface area contributed by atoms with Crippen molar-refractivity contribution in [2.24, 2.45) is 0 Å². The number of morpholine rings is 1. The van der Waals surface area contributed by atoms with Gasteiger partial charge in [-0.05, 0) is 18.2 Å². The lowest BCUT2D eigenvalue weighted by atomic mass is 10.2. The van der Waals surface area contributed by atoms with E-state index in [4.69, 9.17) is 9.47 Å². The summed E-state index contributed by atoms with van der Waals surface area (Å²) in [6.45, 7) is 5.00. The van der Waals surface area contributed by atoms with E-state index in [1.165, 1.54) is 0 Å². The molecule has 8 heteroatoms. The Kier molecular flexibility index (Phi) is 6.34. The van der Waals surface area contributed by atoms with E-state index in [9.17, 15) is 4.79 Å². The zero-order valence-corrected chi connectivity index (χ0v) is 14.8. The fraction of sp³-hybridized carbons (Fsp3) is 0.389. The Hall–Kier alpha value is -2.71. The van der Waals surface area contributed by atoms with Crippen molar-refractivity contribution in [3.8, 4) is 5.75 Å². The molecule has 1 fully saturated rings. The maximum Gasteiger partial charge on any atom is 0.274 e. The molecule has 1 saturated heterocycles. The molecule has 26 heavy (non-hydrogen) atoms. The molecule has 3 rings (SSSR count). The number of carbonyl (C=O) groups is 1. The van der Waals surface area contributed by atoms with E-state index < -0.39 is 0 Å². The van der Waals surface area contributed by atoms with Gasteiger partial charge in [0.05, 0.1) is 26.0 Å². The molecule has 0 radical (unpaired) electrons. The van der Waals surface area contributed by atoms with Gasteiger partial charge in [-0.15, -0.1) is 0 Å². The van der Waals surface area contributed by atoms with E-state index in [1.807, 2.05) is 12.1 Å². The topological polar surface area (TPSA) is 88.6 Å². The number of nitrogens with zero attached hydrogens (tertiary/aromatic N) is 3. The first-order valence-corrected chi connectivity index (χ1v) is 8.57. The Bertz CT molecular complexity index is 734. The van der Waals surface area contributed by atoms with Gasteiger partial charge in [0.2, 0.25) is 5.95 Å². The number of ether oxygens (including phenoxy) is 2. The molecular formula is C18H23N5O3. The van der Waals surface area contributed by atoms with Gasteiger partial charge in [0.1, 0.15) is 11.4 Å². The van der Waals surface area contributed by atoms with Gasteiger partial charge in [-0.1, -0.05) is 12.1 Å². The number of methoxy groups -OCH3 is 1. The van der Waals surface area contributed by atoms with Crippen molar-refractivity contribution < 1.29 is 14.3 Å². The summed E-state index contributed by atoms with van der Waals surface area (Å²) in [4.78, 5) is 23.2. The van der Waals surface area contributed by atoms with Gasteiger partial charge >= 0.3 is 0 Å². The van der Waals surface area contributed by atoms with Crippen molar-refractivity contribution in [3.63, 3.8) is 0 Å². The Labute approximate surface area is 152 Å². The zero-order chi connectivity index (χ0) is 18.2. The van der Waals surface area contributed by atoms with Gasteiger partial charge in [-0.3, -0.25) is 9.69 Å². The molecule has 1 aromatic heterocycles. The van der Waals surface area contributed by atoms with Crippen molar-refractivity contribution >= 4 is 17.5 Å². The summed E-state index contributed by atoms with van der Waals surface area (Å²) >= 11 is 0. The number of benzene rings is 1. The van der Waals surface area contributed by atoms with Crippen LogP contribution in [0.4, 0.5) is 11.6 Å². The van der Waals surface area contributed by atoms with E-state index in [0.717, 1.165) is 32.8 Å². The van der Waals surface area contributed by atoms with Crippen LogP contribution in [0.3, 0.4) is 0 Å². The minimum Gasteiger partial charge on any atom is -0.495 e. The molecule has 2 heterocycles. The summed E-state index contributed by atoms with van der Waals surface area (Å²) < 4.78 is 10.6. The molecular weight excluding hydrogens is 334 g/mol. The minimum atomic E-state index is -0.312. The van der Waals surface area contributed by atoms with Gasteiger partial charge < -0.3 is 20.1 Å². The Morgan fingerprint density at radius 3 is 2.88 bits per heavy atom. The fourth-order valence-corrected chi connectivity index (χ4v) is 2.66. The lowest BCUT2D eigenvalue weighted by Gasteiger charge is -2.26. The van der Waals surface area contributed by atoms with Crippen LogP contribution in [0.2, 0.25) is 0 Å². The van der Waals surface area contributed by atoms with Crippen LogP contribution in [0.15, 0.2) is 36.5 Å². The summed E-state index contributed by atoms with van der Waals surface area (Å²) in [6.07, 6.45) is 1.57. The predicted molar refractivity (Wildman–Crippen MR) is 98.7 cm³/mol. The molecule has 8 nitrogen and oxygen atoms in total. The van der Waals surface area contributed by atoms with E-state index in [2.05, 4.69) is 25.5 Å². The van der Waals surface area contributed by atoms with Gasteiger partial charge in [0.15, 0.2) is 0 Å². The lowest BCUT2D eigenvalue weighted by Crippen LogP contribution is -2.39. The van der Waals surface area contributed by atoms with Gasteiger partial charge in [-0.25, -0.2) is 9.97 Å². The molecule has 1 aliphatic heterocycles. The second kappa shape index (κ2) is 9.12. The Morgan fingerprint density at radius 2 is 2.08 bits per heavy atom. The highest BCUT2D eigenvalue weighted by atomic mass is 16.5. The number of hydrogen-bond acceptors (Lipinski definition) is 7. The molecule has 0 bridgehead atoms. The summed E-state index contributed by atoms with van der Waals surface area (Å²) in [5, 5.41) is 5.97. The minimum absolute atomic E-state index is 0.291. The maximum absolute atomic E-state index is 12.4. The summed E-state index contributed by atoms with van der Waals surface area (Å²) in [5.74, 6) is 0.720. The summed E-state index contributed by atoms with van der Waals surface area (Å²) in [6, 6.07) is 8.82. The molecule has 138 valence electrons. The van der Waals surface area contributed by atoms with Crippen LogP contribution in [0.25, 0.3) is 0 Å². The SMILES string of the molecule is COc1ccccc1NC(=O)c1ccnc(NCCN2CCOCC2)n1. The first-order valence-electron chi connectivity index (χ1n) is 8.57. The first kappa shape index (κ1) is 18.1. The van der Waals surface area contributed by atoms with Crippen molar-refractivity contribution in [2.75, 3.05) is 57.1 Å². The van der Waals surface area contributed by atoms with Crippen molar-refractivity contribution in [1.82, 2.24) is 14.9 Å². The van der Waals surface area contributed by atoms with Crippen LogP contribution in [-0.2, 0) is 4.74 Å². The Balaban J connectivity index is 1.56. The average molecular weight is 357 g/mol. The highest BCUT2D eigenvalue weighted by Gasteiger charge is 2.13. The van der Waals surface area contributed by atoms with Crippen LogP contribution >= 0.6 is 0 Å². The number of para-hydroxylation sites is 2. The van der Waals surface area contributed by atoms with Crippen LogP contribution in [0.1, 0.15) is 10.5 Å². The van der Waals surface area contributed by atoms with Crippen LogP contribution in [-0.4, -0.2) is 67.3 Å². The number of hydrogen-bond donors (Lipinski definition) is 2. The average Bonchev–Trinajstić information content (AvgIpc) is 2.69. The number of nitrogens with one attached hydrogen (secondary N) is 2. The summed E-state index contributed by atoms with van der Waals surface area (Å²) in [5.41, 5.74) is 0.889. The molecule has 0 spiro atoms. The molecule has 0 saturated carbocycles. The van der Waals surface area contributed by atoms with E-state index in [1.54, 1.807) is 31.5 Å². The lowest BCUT2D eigenvalue weighted by molar-refractivity contribution is 0.0398. The molecule has 0 unspecified atom stereocenters. The zero-order valence-electron chi connectivity index (χ0n) is 14.8. The highest BCUT2D eigenvalue weighted by Crippen LogP contribution is 2.23. The van der Waals surface area contributed by atoms with E-state index >= 15 is 0 Å². The number of amides is 1. The fourth-order valence-electron chi connectivity index (χ4n) is 2.66. The molecule has 1 aromatic carbocycles. The molecule has 1 amide bonds. The van der Waals surface area contributed by atoms with Gasteiger partial charge in [0.25, 0.3) is 5.91 Å². The molecule has 0 atom stereocenters. The van der Waals surface area contributed by atoms with Crippen molar-refractivity contribution in [3.05, 3.63) is 42.2 Å². The van der Waals surface area contributed by atoms with E-state index in [0.29, 0.717) is 29.6 Å². The third-order valence-electron chi connectivity index (χ3n) is 4.06. The van der Waals surface area contributed by atoms with Gasteiger partial charge in [0, 0.05) is 32.4 Å². The van der Waals surface area contributed by atoms with Gasteiger partial charge in [-0.2, -0.15) is 0 Å². The Morgan fingerprint density at radius 1 is 1.27 bits per heavy atom. The maximum atomic E-state index is 12.4. The first-order chi connectivity index (χ1) is 12.8. The van der Waals surface area contributed by atoms with Crippen molar-refractivity contribution in [1.29, 1.82) is 0 Å². The van der Waals surface area contributed by atoms with Crippen molar-refractivity contribution in [2.45, 2.75) is 0 Å². The second-order valence-electron chi connectivity index (χ2n) is 5.80. The standard InChI is InChI=1S/C18H23N5O3/c1-25-16-5-3-2-4-14(16)21-17(24)15-6-7-19-18(22-15)20-8-9-23-10-12-26-13-11-23/h2-7H,8-13H2,1H3,(H,21,24)(H,19,20,22). The highest BCUT2D eigenvalue weighted by molar-refractivity contribution is 6.03. The largest absolute Gasteiger partial charge is 0.495 e. The quantitative estimate of drug-likeness (QED) is 0.776.